The van der Waals surface area contributed by atoms with Crippen LogP contribution in [0.2, 0.25) is 0 Å². The topological polar surface area (TPSA) is 29.9 Å². The van der Waals surface area contributed by atoms with E-state index < -0.39 is 11.7 Å². The molecule has 102 valence electrons. The molecule has 0 fully saturated rings. The molecule has 1 aromatic heterocycles. The van der Waals surface area contributed by atoms with Crippen molar-refractivity contribution in [1.82, 2.24) is 9.55 Å². The van der Waals surface area contributed by atoms with Crippen molar-refractivity contribution in [3.63, 3.8) is 0 Å². The van der Waals surface area contributed by atoms with Crippen molar-refractivity contribution in [2.45, 2.75) is 13.1 Å². The van der Waals surface area contributed by atoms with Gasteiger partial charge in [0.2, 0.25) is 5.95 Å². The molecule has 1 aromatic carbocycles. The standard InChI is InChI=1S/C12H11BrF3N3/c1-2-17-11-18-5-6-19(11)8-3-4-10(13)9(7-8)12(14,15)16/h3-7H,2H2,1H3,(H,17,18). The van der Waals surface area contributed by atoms with E-state index in [0.717, 1.165) is 6.07 Å². The van der Waals surface area contributed by atoms with Crippen LogP contribution in [-0.4, -0.2) is 16.1 Å². The number of alkyl halides is 3. The Hall–Kier alpha value is -1.50. The van der Waals surface area contributed by atoms with Gasteiger partial charge in [0.15, 0.2) is 0 Å². The maximum atomic E-state index is 12.8. The van der Waals surface area contributed by atoms with E-state index in [2.05, 4.69) is 26.2 Å². The Balaban J connectivity index is 2.49. The molecule has 0 unspecified atom stereocenters. The number of benzene rings is 1. The van der Waals surface area contributed by atoms with Crippen LogP contribution in [0.25, 0.3) is 5.69 Å². The van der Waals surface area contributed by atoms with Gasteiger partial charge < -0.3 is 5.32 Å². The quantitative estimate of drug-likeness (QED) is 0.916. The molecule has 0 aliphatic carbocycles. The lowest BCUT2D eigenvalue weighted by molar-refractivity contribution is -0.138. The highest BCUT2D eigenvalue weighted by Crippen LogP contribution is 2.36. The Kier molecular flexibility index (Phi) is 3.84. The van der Waals surface area contributed by atoms with Gasteiger partial charge in [-0.3, -0.25) is 4.57 Å². The maximum Gasteiger partial charge on any atom is 0.417 e. The predicted molar refractivity (Wildman–Crippen MR) is 70.4 cm³/mol. The number of hydrogen-bond donors (Lipinski definition) is 1. The highest BCUT2D eigenvalue weighted by atomic mass is 79.9. The van der Waals surface area contributed by atoms with Crippen molar-refractivity contribution < 1.29 is 13.2 Å². The normalized spacial score (nSPS) is 11.6. The van der Waals surface area contributed by atoms with Crippen LogP contribution in [0.5, 0.6) is 0 Å². The molecule has 0 aliphatic rings. The highest BCUT2D eigenvalue weighted by molar-refractivity contribution is 9.10. The molecule has 0 saturated carbocycles. The van der Waals surface area contributed by atoms with Gasteiger partial charge in [-0.15, -0.1) is 0 Å². The summed E-state index contributed by atoms with van der Waals surface area (Å²) in [5.41, 5.74) is -0.301. The molecule has 2 aromatic rings. The molecule has 3 nitrogen and oxygen atoms in total. The molecule has 0 bridgehead atoms. The van der Waals surface area contributed by atoms with E-state index in [1.54, 1.807) is 16.8 Å². The maximum absolute atomic E-state index is 12.8. The first-order valence-corrected chi connectivity index (χ1v) is 6.37. The van der Waals surface area contributed by atoms with Gasteiger partial charge in [-0.05, 0) is 25.1 Å². The van der Waals surface area contributed by atoms with Crippen molar-refractivity contribution in [1.29, 1.82) is 0 Å². The third-order valence-electron chi connectivity index (χ3n) is 2.51. The van der Waals surface area contributed by atoms with E-state index in [1.807, 2.05) is 6.92 Å². The Morgan fingerprint density at radius 3 is 2.74 bits per heavy atom. The zero-order valence-electron chi connectivity index (χ0n) is 10.0. The average molecular weight is 334 g/mol. The number of aromatic nitrogens is 2. The number of imidazole rings is 1. The fraction of sp³-hybridized carbons (Fsp3) is 0.250. The summed E-state index contributed by atoms with van der Waals surface area (Å²) in [7, 11) is 0. The van der Waals surface area contributed by atoms with Gasteiger partial charge in [-0.25, -0.2) is 4.98 Å². The second kappa shape index (κ2) is 5.24. The minimum absolute atomic E-state index is 0.0221. The minimum atomic E-state index is -4.40. The van der Waals surface area contributed by atoms with Crippen molar-refractivity contribution in [3.8, 4) is 5.69 Å². The first-order valence-electron chi connectivity index (χ1n) is 5.58. The highest BCUT2D eigenvalue weighted by Gasteiger charge is 2.33. The smallest absolute Gasteiger partial charge is 0.356 e. The summed E-state index contributed by atoms with van der Waals surface area (Å²) in [5.74, 6) is 0.512. The van der Waals surface area contributed by atoms with E-state index in [9.17, 15) is 13.2 Å². The summed E-state index contributed by atoms with van der Waals surface area (Å²) in [4.78, 5) is 4.06. The molecule has 0 atom stereocenters. The van der Waals surface area contributed by atoms with Crippen LogP contribution in [0.1, 0.15) is 12.5 Å². The van der Waals surface area contributed by atoms with E-state index in [4.69, 9.17) is 0 Å². The molecule has 7 heteroatoms. The Morgan fingerprint density at radius 1 is 1.37 bits per heavy atom. The summed E-state index contributed by atoms with van der Waals surface area (Å²) in [6.45, 7) is 2.53. The largest absolute Gasteiger partial charge is 0.417 e. The second-order valence-electron chi connectivity index (χ2n) is 3.81. The van der Waals surface area contributed by atoms with Gasteiger partial charge in [0.1, 0.15) is 0 Å². The van der Waals surface area contributed by atoms with Gasteiger partial charge in [-0.1, -0.05) is 15.9 Å². The minimum Gasteiger partial charge on any atom is -0.356 e. The Labute approximate surface area is 116 Å². The first-order chi connectivity index (χ1) is 8.93. The molecule has 19 heavy (non-hydrogen) atoms. The monoisotopic (exact) mass is 333 g/mol. The summed E-state index contributed by atoms with van der Waals surface area (Å²) in [5, 5.41) is 2.99. The lowest BCUT2D eigenvalue weighted by Crippen LogP contribution is -2.09. The molecular weight excluding hydrogens is 323 g/mol. The van der Waals surface area contributed by atoms with Gasteiger partial charge >= 0.3 is 6.18 Å². The lowest BCUT2D eigenvalue weighted by atomic mass is 10.2. The number of halogens is 4. The third-order valence-corrected chi connectivity index (χ3v) is 3.20. The van der Waals surface area contributed by atoms with Crippen molar-refractivity contribution in [3.05, 3.63) is 40.6 Å². The summed E-state index contributed by atoms with van der Waals surface area (Å²) in [6.07, 6.45) is -1.25. The van der Waals surface area contributed by atoms with Crippen LogP contribution in [-0.2, 0) is 6.18 Å². The van der Waals surface area contributed by atoms with Crippen LogP contribution < -0.4 is 5.32 Å². The second-order valence-corrected chi connectivity index (χ2v) is 4.67. The molecule has 0 saturated heterocycles. The summed E-state index contributed by atoms with van der Waals surface area (Å²) in [6, 6.07) is 4.07. The van der Waals surface area contributed by atoms with Crippen LogP contribution in [0.15, 0.2) is 35.1 Å². The van der Waals surface area contributed by atoms with E-state index in [-0.39, 0.29) is 4.47 Å². The zero-order valence-corrected chi connectivity index (χ0v) is 11.6. The third kappa shape index (κ3) is 2.91. The van der Waals surface area contributed by atoms with Gasteiger partial charge in [0.05, 0.1) is 5.56 Å². The molecule has 1 heterocycles. The van der Waals surface area contributed by atoms with E-state index >= 15 is 0 Å². The summed E-state index contributed by atoms with van der Waals surface area (Å²) >= 11 is 2.92. The molecule has 0 aliphatic heterocycles. The average Bonchev–Trinajstić information content (AvgIpc) is 2.77. The summed E-state index contributed by atoms with van der Waals surface area (Å²) < 4.78 is 40.1. The molecule has 0 spiro atoms. The van der Waals surface area contributed by atoms with E-state index in [1.165, 1.54) is 12.3 Å². The van der Waals surface area contributed by atoms with Gasteiger partial charge in [0, 0.05) is 29.1 Å². The van der Waals surface area contributed by atoms with Gasteiger partial charge in [-0.2, -0.15) is 13.2 Å². The molecule has 0 radical (unpaired) electrons. The molecule has 0 amide bonds. The Morgan fingerprint density at radius 2 is 2.11 bits per heavy atom. The molecular formula is C12H11BrF3N3. The SMILES string of the molecule is CCNc1nccn1-c1ccc(Br)c(C(F)(F)F)c1. The van der Waals surface area contributed by atoms with Crippen molar-refractivity contribution in [2.75, 3.05) is 11.9 Å². The van der Waals surface area contributed by atoms with Crippen molar-refractivity contribution >= 4 is 21.9 Å². The van der Waals surface area contributed by atoms with E-state index in [0.29, 0.717) is 18.2 Å². The van der Waals surface area contributed by atoms with Gasteiger partial charge in [0.25, 0.3) is 0 Å². The number of rotatable bonds is 3. The van der Waals surface area contributed by atoms with Crippen molar-refractivity contribution in [2.24, 2.45) is 0 Å². The fourth-order valence-electron chi connectivity index (χ4n) is 1.68. The lowest BCUT2D eigenvalue weighted by Gasteiger charge is -2.13. The zero-order chi connectivity index (χ0) is 14.0. The Bertz CT molecular complexity index is 578. The molecule has 1 N–H and O–H groups in total. The molecule has 2 rings (SSSR count). The number of nitrogens with zero attached hydrogens (tertiary/aromatic N) is 2. The van der Waals surface area contributed by atoms with Crippen LogP contribution in [0.4, 0.5) is 19.1 Å². The predicted octanol–water partition coefficient (Wildman–Crippen LogP) is 4.09. The number of hydrogen-bond acceptors (Lipinski definition) is 2. The van der Waals surface area contributed by atoms with Crippen LogP contribution in [0, 0.1) is 0 Å². The number of nitrogens with one attached hydrogen (secondary N) is 1. The fourth-order valence-corrected chi connectivity index (χ4v) is 2.15. The van der Waals surface area contributed by atoms with Crippen LogP contribution >= 0.6 is 15.9 Å². The van der Waals surface area contributed by atoms with Crippen LogP contribution in [0.3, 0.4) is 0 Å². The number of anilines is 1. The first kappa shape index (κ1) is 13.9.